The molecule has 5 nitrogen and oxygen atoms in total. The Morgan fingerprint density at radius 3 is 2.50 bits per heavy atom. The van der Waals surface area contributed by atoms with Crippen molar-refractivity contribution in [3.8, 4) is 10.6 Å². The van der Waals surface area contributed by atoms with Gasteiger partial charge in [-0.05, 0) is 19.1 Å². The van der Waals surface area contributed by atoms with Crippen molar-refractivity contribution in [2.24, 2.45) is 0 Å². The van der Waals surface area contributed by atoms with Crippen LogP contribution in [0.15, 0.2) is 24.3 Å². The number of halogens is 1. The van der Waals surface area contributed by atoms with Gasteiger partial charge in [0, 0.05) is 23.4 Å². The number of hydrogen-bond donors (Lipinski definition) is 2. The number of nitrogens with zero attached hydrogens (tertiary/aromatic N) is 2. The van der Waals surface area contributed by atoms with E-state index in [-0.39, 0.29) is 5.91 Å². The fraction of sp³-hybridized carbons (Fsp3) is 0.524. The van der Waals surface area contributed by atoms with Crippen LogP contribution in [0.5, 0.6) is 0 Å². The van der Waals surface area contributed by atoms with Crippen molar-refractivity contribution in [3.05, 3.63) is 39.9 Å². The minimum absolute atomic E-state index is 0.132. The summed E-state index contributed by atoms with van der Waals surface area (Å²) in [5.74, 6) is 0.132. The highest BCUT2D eigenvalue weighted by Gasteiger charge is 2.28. The minimum Gasteiger partial charge on any atom is -0.330 e. The zero-order chi connectivity index (χ0) is 19.5. The molecule has 1 aromatic heterocycles. The number of quaternary nitrogens is 2. The SMILES string of the molecule is Cc1nc(-c2cccc(Cl)c2)sc1C(=O)N1CC[NH+](CC[NH+]2CCCC2)CC1. The molecule has 0 aliphatic carbocycles. The van der Waals surface area contributed by atoms with E-state index >= 15 is 0 Å². The smallest absolute Gasteiger partial charge is 0.266 e. The number of aromatic nitrogens is 1. The number of amides is 1. The van der Waals surface area contributed by atoms with E-state index in [0.29, 0.717) is 5.02 Å². The van der Waals surface area contributed by atoms with Crippen LogP contribution in [0.3, 0.4) is 0 Å². The molecule has 1 amide bonds. The van der Waals surface area contributed by atoms with Crippen LogP contribution in [0.25, 0.3) is 10.6 Å². The normalized spacial score (nSPS) is 18.7. The number of carbonyl (C=O) groups excluding carboxylic acids is 1. The second-order valence-electron chi connectivity index (χ2n) is 7.94. The monoisotopic (exact) mass is 420 g/mol. The fourth-order valence-corrected chi connectivity index (χ4v) is 5.46. The summed E-state index contributed by atoms with van der Waals surface area (Å²) in [7, 11) is 0. The van der Waals surface area contributed by atoms with Crippen LogP contribution in [0.4, 0.5) is 0 Å². The van der Waals surface area contributed by atoms with Gasteiger partial charge < -0.3 is 14.7 Å². The number of benzene rings is 1. The van der Waals surface area contributed by atoms with Gasteiger partial charge in [-0.3, -0.25) is 4.79 Å². The van der Waals surface area contributed by atoms with Gasteiger partial charge >= 0.3 is 0 Å². The quantitative estimate of drug-likeness (QED) is 0.751. The number of carbonyl (C=O) groups is 1. The highest BCUT2D eigenvalue weighted by atomic mass is 35.5. The standard InChI is InChI=1S/C21H27ClN4OS/c1-16-19(28-20(23-16)17-5-4-6-18(22)15-17)21(27)26-13-11-25(12-14-26)10-9-24-7-2-3-8-24/h4-6,15H,2-3,7-14H2,1H3/p+2. The van der Waals surface area contributed by atoms with E-state index in [2.05, 4.69) is 4.98 Å². The van der Waals surface area contributed by atoms with Crippen LogP contribution in [0, 0.1) is 6.92 Å². The average Bonchev–Trinajstić information content (AvgIpc) is 3.36. The molecule has 3 heterocycles. The third-order valence-corrected chi connectivity index (χ3v) is 7.39. The first-order valence-corrected chi connectivity index (χ1v) is 11.5. The van der Waals surface area contributed by atoms with Crippen LogP contribution in [0.1, 0.15) is 28.2 Å². The van der Waals surface area contributed by atoms with Crippen LogP contribution < -0.4 is 9.80 Å². The summed E-state index contributed by atoms with van der Waals surface area (Å²) in [4.78, 5) is 23.9. The molecule has 2 aromatic rings. The van der Waals surface area contributed by atoms with E-state index in [1.165, 1.54) is 50.4 Å². The van der Waals surface area contributed by atoms with Gasteiger partial charge in [0.05, 0.1) is 45.0 Å². The maximum atomic E-state index is 13.1. The van der Waals surface area contributed by atoms with Crippen molar-refractivity contribution in [2.45, 2.75) is 19.8 Å². The number of rotatable bonds is 5. The van der Waals surface area contributed by atoms with Gasteiger partial charge in [0.15, 0.2) is 0 Å². The molecule has 2 aliphatic rings. The number of nitrogens with one attached hydrogen (secondary N) is 2. The van der Waals surface area contributed by atoms with Gasteiger partial charge in [-0.25, -0.2) is 4.98 Å². The molecule has 28 heavy (non-hydrogen) atoms. The molecule has 0 saturated carbocycles. The zero-order valence-electron chi connectivity index (χ0n) is 16.5. The maximum absolute atomic E-state index is 13.1. The first kappa shape index (κ1) is 19.8. The average molecular weight is 421 g/mol. The highest BCUT2D eigenvalue weighted by molar-refractivity contribution is 7.17. The predicted octanol–water partition coefficient (Wildman–Crippen LogP) is 0.791. The van der Waals surface area contributed by atoms with Crippen LogP contribution >= 0.6 is 22.9 Å². The Hall–Kier alpha value is -1.47. The Morgan fingerprint density at radius 2 is 1.82 bits per heavy atom. The van der Waals surface area contributed by atoms with Crippen LogP contribution in [0.2, 0.25) is 5.02 Å². The zero-order valence-corrected chi connectivity index (χ0v) is 18.0. The van der Waals surface area contributed by atoms with Gasteiger partial charge in [0.25, 0.3) is 5.91 Å². The lowest BCUT2D eigenvalue weighted by Gasteiger charge is -2.32. The molecule has 2 saturated heterocycles. The Labute approximate surface area is 175 Å². The van der Waals surface area contributed by atoms with Gasteiger partial charge in [-0.1, -0.05) is 23.7 Å². The predicted molar refractivity (Wildman–Crippen MR) is 114 cm³/mol. The molecule has 2 aliphatic heterocycles. The lowest BCUT2D eigenvalue weighted by Crippen LogP contribution is -3.21. The second kappa shape index (κ2) is 8.91. The Balaban J connectivity index is 1.35. The topological polar surface area (TPSA) is 42.1 Å². The number of thiazole rings is 1. The third kappa shape index (κ3) is 4.57. The molecule has 4 rings (SSSR count). The Bertz CT molecular complexity index is 826. The number of aryl methyl sites for hydroxylation is 1. The lowest BCUT2D eigenvalue weighted by atomic mass is 10.2. The maximum Gasteiger partial charge on any atom is 0.266 e. The molecule has 0 spiro atoms. The molecule has 0 radical (unpaired) electrons. The molecule has 0 atom stereocenters. The first-order valence-electron chi connectivity index (χ1n) is 10.3. The van der Waals surface area contributed by atoms with E-state index in [9.17, 15) is 4.79 Å². The van der Waals surface area contributed by atoms with Crippen molar-refractivity contribution in [3.63, 3.8) is 0 Å². The van der Waals surface area contributed by atoms with E-state index < -0.39 is 0 Å². The highest BCUT2D eigenvalue weighted by Crippen LogP contribution is 2.30. The van der Waals surface area contributed by atoms with Crippen molar-refractivity contribution in [1.29, 1.82) is 0 Å². The molecule has 0 bridgehead atoms. The summed E-state index contributed by atoms with van der Waals surface area (Å²) >= 11 is 7.58. The summed E-state index contributed by atoms with van der Waals surface area (Å²) in [6.07, 6.45) is 2.77. The molecular formula is C21H29ClN4OS+2. The molecule has 1 aromatic carbocycles. The molecular weight excluding hydrogens is 392 g/mol. The van der Waals surface area contributed by atoms with Gasteiger partial charge in [-0.15, -0.1) is 11.3 Å². The van der Waals surface area contributed by atoms with E-state index in [4.69, 9.17) is 11.6 Å². The largest absolute Gasteiger partial charge is 0.330 e. The summed E-state index contributed by atoms with van der Waals surface area (Å²) in [6.45, 7) is 10.9. The Kier molecular flexibility index (Phi) is 6.31. The second-order valence-corrected chi connectivity index (χ2v) is 9.38. The molecule has 2 N–H and O–H groups in total. The fourth-order valence-electron chi connectivity index (χ4n) is 4.24. The molecule has 2 fully saturated rings. The number of piperazine rings is 1. The van der Waals surface area contributed by atoms with E-state index in [0.717, 1.165) is 47.3 Å². The summed E-state index contributed by atoms with van der Waals surface area (Å²) in [5, 5.41) is 1.55. The summed E-state index contributed by atoms with van der Waals surface area (Å²) in [5.41, 5.74) is 1.79. The molecule has 150 valence electrons. The van der Waals surface area contributed by atoms with Gasteiger partial charge in [0.2, 0.25) is 0 Å². The Morgan fingerprint density at radius 1 is 1.14 bits per heavy atom. The van der Waals surface area contributed by atoms with Crippen molar-refractivity contribution in [2.75, 3.05) is 52.4 Å². The minimum atomic E-state index is 0.132. The molecule has 0 unspecified atom stereocenters. The van der Waals surface area contributed by atoms with Crippen molar-refractivity contribution in [1.82, 2.24) is 9.88 Å². The lowest BCUT2D eigenvalue weighted by molar-refractivity contribution is -0.954. The van der Waals surface area contributed by atoms with E-state index in [1.54, 1.807) is 9.80 Å². The number of hydrogen-bond acceptors (Lipinski definition) is 3. The van der Waals surface area contributed by atoms with Gasteiger partial charge in [0.1, 0.15) is 23.0 Å². The van der Waals surface area contributed by atoms with E-state index in [1.807, 2.05) is 36.1 Å². The first-order chi connectivity index (χ1) is 13.6. The van der Waals surface area contributed by atoms with Crippen LogP contribution in [-0.2, 0) is 0 Å². The summed E-state index contributed by atoms with van der Waals surface area (Å²) in [6, 6.07) is 7.66. The molecule has 7 heteroatoms. The summed E-state index contributed by atoms with van der Waals surface area (Å²) < 4.78 is 0. The van der Waals surface area contributed by atoms with Crippen molar-refractivity contribution >= 4 is 28.8 Å². The van der Waals surface area contributed by atoms with Crippen LogP contribution in [-0.4, -0.2) is 68.1 Å². The third-order valence-electron chi connectivity index (χ3n) is 5.96. The van der Waals surface area contributed by atoms with Crippen molar-refractivity contribution < 1.29 is 14.6 Å². The number of likely N-dealkylation sites (tertiary alicyclic amines) is 1. The van der Waals surface area contributed by atoms with Gasteiger partial charge in [-0.2, -0.15) is 0 Å².